The molecule has 2 aromatic rings. The first-order chi connectivity index (χ1) is 8.56. The number of hydrogen-bond donors (Lipinski definition) is 3. The Labute approximate surface area is 105 Å². The summed E-state index contributed by atoms with van der Waals surface area (Å²) >= 11 is 0. The summed E-state index contributed by atoms with van der Waals surface area (Å²) in [4.78, 5) is 4.45. The number of fused-ring (bicyclic) bond motifs is 1. The topological polar surface area (TPSA) is 84.3 Å². The first kappa shape index (κ1) is 11.5. The van der Waals surface area contributed by atoms with Crippen LogP contribution in [0.25, 0.3) is 11.0 Å². The van der Waals surface area contributed by atoms with E-state index in [4.69, 9.17) is 5.73 Å². The molecule has 0 bridgehead atoms. The van der Waals surface area contributed by atoms with Gasteiger partial charge < -0.3 is 20.5 Å². The minimum atomic E-state index is -0.628. The van der Waals surface area contributed by atoms with E-state index in [-0.39, 0.29) is 12.1 Å². The van der Waals surface area contributed by atoms with E-state index < -0.39 is 6.10 Å². The highest BCUT2D eigenvalue weighted by molar-refractivity contribution is 5.80. The molecule has 1 saturated carbocycles. The predicted molar refractivity (Wildman–Crippen MR) is 69.1 cm³/mol. The molecule has 0 aliphatic heterocycles. The molecule has 1 atom stereocenters. The van der Waals surface area contributed by atoms with Crippen molar-refractivity contribution in [2.75, 3.05) is 5.73 Å². The van der Waals surface area contributed by atoms with Crippen LogP contribution in [0.4, 0.5) is 5.69 Å². The standard InChI is InChI=1S/C13H17N3O2/c1-7(17)13-15-11-4-8(14)2-3-12(11)16(13)9-5-10(18)6-9/h2-4,7,9-10,17-18H,5-6,14H2,1H3. The van der Waals surface area contributed by atoms with Gasteiger partial charge >= 0.3 is 0 Å². The van der Waals surface area contributed by atoms with Gasteiger partial charge in [-0.05, 0) is 38.0 Å². The number of benzene rings is 1. The number of aliphatic hydroxyl groups excluding tert-OH is 2. The molecular formula is C13H17N3O2. The van der Waals surface area contributed by atoms with E-state index in [1.807, 2.05) is 22.8 Å². The molecule has 4 N–H and O–H groups in total. The summed E-state index contributed by atoms with van der Waals surface area (Å²) in [6.45, 7) is 1.70. The summed E-state index contributed by atoms with van der Waals surface area (Å²) in [5, 5.41) is 19.3. The minimum Gasteiger partial charge on any atom is -0.399 e. The van der Waals surface area contributed by atoms with Gasteiger partial charge in [0.15, 0.2) is 0 Å². The molecule has 1 aromatic heterocycles. The Morgan fingerprint density at radius 3 is 2.78 bits per heavy atom. The van der Waals surface area contributed by atoms with Gasteiger partial charge in [0.1, 0.15) is 11.9 Å². The highest BCUT2D eigenvalue weighted by Gasteiger charge is 2.32. The van der Waals surface area contributed by atoms with Gasteiger partial charge in [0.05, 0.1) is 17.1 Å². The maximum atomic E-state index is 9.83. The molecule has 0 amide bonds. The molecule has 1 fully saturated rings. The molecule has 3 rings (SSSR count). The number of rotatable bonds is 2. The van der Waals surface area contributed by atoms with E-state index >= 15 is 0 Å². The zero-order chi connectivity index (χ0) is 12.9. The molecule has 1 aromatic carbocycles. The molecule has 0 spiro atoms. The smallest absolute Gasteiger partial charge is 0.138 e. The van der Waals surface area contributed by atoms with Crippen LogP contribution in [0.5, 0.6) is 0 Å². The fraction of sp³-hybridized carbons (Fsp3) is 0.462. The average molecular weight is 247 g/mol. The molecular weight excluding hydrogens is 230 g/mol. The lowest BCUT2D eigenvalue weighted by molar-refractivity contribution is 0.0454. The van der Waals surface area contributed by atoms with Crippen molar-refractivity contribution in [1.29, 1.82) is 0 Å². The van der Waals surface area contributed by atoms with Gasteiger partial charge in [-0.15, -0.1) is 0 Å². The number of aromatic nitrogens is 2. The lowest BCUT2D eigenvalue weighted by Gasteiger charge is -2.34. The largest absolute Gasteiger partial charge is 0.399 e. The Balaban J connectivity index is 2.16. The molecule has 1 unspecified atom stereocenters. The molecule has 1 heterocycles. The Kier molecular flexibility index (Phi) is 2.53. The number of imidazole rings is 1. The van der Waals surface area contributed by atoms with Gasteiger partial charge in [-0.1, -0.05) is 0 Å². The molecule has 5 heteroatoms. The Bertz CT molecular complexity index is 585. The highest BCUT2D eigenvalue weighted by Crippen LogP contribution is 2.37. The maximum absolute atomic E-state index is 9.83. The van der Waals surface area contributed by atoms with Gasteiger partial charge in [-0.2, -0.15) is 0 Å². The van der Waals surface area contributed by atoms with Crippen molar-refractivity contribution in [2.45, 2.75) is 38.0 Å². The summed E-state index contributed by atoms with van der Waals surface area (Å²) in [5.74, 6) is 0.646. The highest BCUT2D eigenvalue weighted by atomic mass is 16.3. The van der Waals surface area contributed by atoms with Gasteiger partial charge in [-0.3, -0.25) is 0 Å². The molecule has 1 aliphatic carbocycles. The van der Waals surface area contributed by atoms with Crippen LogP contribution in [-0.2, 0) is 0 Å². The zero-order valence-corrected chi connectivity index (χ0v) is 10.2. The first-order valence-corrected chi connectivity index (χ1v) is 6.19. The summed E-state index contributed by atoms with van der Waals surface area (Å²) in [6.07, 6.45) is 0.574. The molecule has 0 radical (unpaired) electrons. The van der Waals surface area contributed by atoms with Crippen LogP contribution in [-0.4, -0.2) is 25.9 Å². The molecule has 18 heavy (non-hydrogen) atoms. The molecule has 0 saturated heterocycles. The number of nitrogens with two attached hydrogens (primary N) is 1. The quantitative estimate of drug-likeness (QED) is 0.700. The van der Waals surface area contributed by atoms with E-state index in [1.165, 1.54) is 0 Å². The third-order valence-corrected chi connectivity index (χ3v) is 3.57. The summed E-state index contributed by atoms with van der Waals surface area (Å²) in [5.41, 5.74) is 8.18. The number of nitrogen functional groups attached to an aromatic ring is 1. The fourth-order valence-electron chi connectivity index (χ4n) is 2.58. The van der Waals surface area contributed by atoms with Crippen LogP contribution in [0, 0.1) is 0 Å². The molecule has 1 aliphatic rings. The van der Waals surface area contributed by atoms with Crippen LogP contribution in [0.15, 0.2) is 18.2 Å². The lowest BCUT2D eigenvalue weighted by atomic mass is 9.89. The van der Waals surface area contributed by atoms with Gasteiger partial charge in [0.25, 0.3) is 0 Å². The Morgan fingerprint density at radius 1 is 1.44 bits per heavy atom. The van der Waals surface area contributed by atoms with Crippen LogP contribution in [0.1, 0.15) is 37.7 Å². The monoisotopic (exact) mass is 247 g/mol. The van der Waals surface area contributed by atoms with Crippen LogP contribution >= 0.6 is 0 Å². The SMILES string of the molecule is CC(O)c1nc2cc(N)ccc2n1C1CC(O)C1. The van der Waals surface area contributed by atoms with E-state index in [1.54, 1.807) is 6.92 Å². The van der Waals surface area contributed by atoms with Crippen molar-refractivity contribution in [1.82, 2.24) is 9.55 Å². The lowest BCUT2D eigenvalue weighted by Crippen LogP contribution is -2.32. The summed E-state index contributed by atoms with van der Waals surface area (Å²) in [7, 11) is 0. The van der Waals surface area contributed by atoms with Crippen LogP contribution in [0.2, 0.25) is 0 Å². The van der Waals surface area contributed by atoms with Crippen molar-refractivity contribution in [2.24, 2.45) is 0 Å². The third-order valence-electron chi connectivity index (χ3n) is 3.57. The zero-order valence-electron chi connectivity index (χ0n) is 10.2. The Morgan fingerprint density at radius 2 is 2.17 bits per heavy atom. The van der Waals surface area contributed by atoms with Crippen molar-refractivity contribution >= 4 is 16.7 Å². The van der Waals surface area contributed by atoms with Crippen molar-refractivity contribution in [3.63, 3.8) is 0 Å². The molecule has 96 valence electrons. The second-order valence-corrected chi connectivity index (χ2v) is 5.04. The third kappa shape index (κ3) is 1.67. The van der Waals surface area contributed by atoms with Gasteiger partial charge in [0, 0.05) is 11.7 Å². The Hall–Kier alpha value is -1.59. The summed E-state index contributed by atoms with van der Waals surface area (Å²) in [6, 6.07) is 5.79. The maximum Gasteiger partial charge on any atom is 0.138 e. The fourth-order valence-corrected chi connectivity index (χ4v) is 2.58. The van der Waals surface area contributed by atoms with Crippen LogP contribution in [0.3, 0.4) is 0 Å². The van der Waals surface area contributed by atoms with E-state index in [0.717, 1.165) is 23.9 Å². The molecule has 5 nitrogen and oxygen atoms in total. The first-order valence-electron chi connectivity index (χ1n) is 6.19. The number of nitrogens with zero attached hydrogens (tertiary/aromatic N) is 2. The second-order valence-electron chi connectivity index (χ2n) is 5.04. The van der Waals surface area contributed by atoms with Crippen molar-refractivity contribution in [3.8, 4) is 0 Å². The van der Waals surface area contributed by atoms with Crippen LogP contribution < -0.4 is 5.73 Å². The van der Waals surface area contributed by atoms with Crippen molar-refractivity contribution in [3.05, 3.63) is 24.0 Å². The van der Waals surface area contributed by atoms with Gasteiger partial charge in [-0.25, -0.2) is 4.98 Å². The van der Waals surface area contributed by atoms with E-state index in [9.17, 15) is 10.2 Å². The minimum absolute atomic E-state index is 0.221. The van der Waals surface area contributed by atoms with Gasteiger partial charge in [0.2, 0.25) is 0 Å². The van der Waals surface area contributed by atoms with E-state index in [2.05, 4.69) is 4.98 Å². The van der Waals surface area contributed by atoms with Crippen molar-refractivity contribution < 1.29 is 10.2 Å². The average Bonchev–Trinajstić information content (AvgIpc) is 2.63. The summed E-state index contributed by atoms with van der Waals surface area (Å²) < 4.78 is 2.03. The number of anilines is 1. The second kappa shape index (κ2) is 3.96. The van der Waals surface area contributed by atoms with E-state index in [0.29, 0.717) is 11.5 Å². The predicted octanol–water partition coefficient (Wildman–Crippen LogP) is 1.37. The number of aliphatic hydroxyl groups is 2. The normalized spacial score (nSPS) is 25.1. The number of hydrogen-bond acceptors (Lipinski definition) is 4.